The van der Waals surface area contributed by atoms with Gasteiger partial charge in [0.2, 0.25) is 0 Å². The van der Waals surface area contributed by atoms with Gasteiger partial charge in [-0.3, -0.25) is 6.08 Å². The maximum atomic E-state index is 10.0. The van der Waals surface area contributed by atoms with E-state index in [1.54, 1.807) is 12.1 Å². The summed E-state index contributed by atoms with van der Waals surface area (Å²) >= 11 is 0. The number of hydrogen-bond donors (Lipinski definition) is 0. The number of allylic oxidation sites excluding steroid dienone is 4. The van der Waals surface area contributed by atoms with E-state index in [0.717, 1.165) is 12.0 Å². The Hall–Kier alpha value is -0.376. The van der Waals surface area contributed by atoms with Crippen LogP contribution in [0.5, 0.6) is 0 Å². The van der Waals surface area contributed by atoms with E-state index in [1.807, 2.05) is 37.5 Å². The zero-order valence-electron chi connectivity index (χ0n) is 9.97. The van der Waals surface area contributed by atoms with Crippen LogP contribution in [0.25, 0.3) is 0 Å². The molecule has 98 valence electrons. The summed E-state index contributed by atoms with van der Waals surface area (Å²) in [4.78, 5) is 10.0. The van der Waals surface area contributed by atoms with Gasteiger partial charge in [0.15, 0.2) is 0 Å². The fourth-order valence-corrected chi connectivity index (χ4v) is 1.05. The molecule has 0 fully saturated rings. The first-order valence-electron chi connectivity index (χ1n) is 4.49. The van der Waals surface area contributed by atoms with E-state index < -0.39 is 0 Å². The van der Waals surface area contributed by atoms with Gasteiger partial charge in [0.1, 0.15) is 0 Å². The maximum Gasteiger partial charge on any atom is 2.00 e. The van der Waals surface area contributed by atoms with Gasteiger partial charge in [0.25, 0.3) is 0 Å². The molecule has 2 N–H and O–H groups in total. The predicted octanol–water partition coefficient (Wildman–Crippen LogP) is 2.77. The topological polar surface area (TPSA) is 48.6 Å². The van der Waals surface area contributed by atoms with Gasteiger partial charge in [0.05, 0.1) is 6.29 Å². The maximum absolute atomic E-state index is 10.0. The molecule has 0 bridgehead atoms. The molecule has 0 saturated heterocycles. The number of benzene rings is 1. The molecule has 1 aromatic carbocycles. The summed E-state index contributed by atoms with van der Waals surface area (Å²) < 4.78 is 0. The zero-order chi connectivity index (χ0) is 10.2. The second-order valence-electron chi connectivity index (χ2n) is 2.97. The van der Waals surface area contributed by atoms with Crippen molar-refractivity contribution in [2.45, 2.75) is 13.3 Å². The van der Waals surface area contributed by atoms with Gasteiger partial charge >= 0.3 is 21.7 Å². The molecule has 18 heavy (non-hydrogen) atoms. The summed E-state index contributed by atoms with van der Waals surface area (Å²) in [6, 6.07) is 7.32. The minimum atomic E-state index is 0. The Morgan fingerprint density at radius 3 is 2.22 bits per heavy atom. The quantitative estimate of drug-likeness (QED) is 0.579. The molecule has 0 spiro atoms. The number of rotatable bonds is 1. The van der Waals surface area contributed by atoms with E-state index in [9.17, 15) is 4.79 Å². The van der Waals surface area contributed by atoms with Crippen LogP contribution in [-0.4, -0.2) is 11.8 Å². The minimum Gasteiger partial charge on any atom is -0.412 e. The SMILES string of the molecule is Cc1cccc([C-]=O)c1.Cl.Cl.O.[C-]1=CC=CC1.[Ti+2]. The molecular formula is C13H16Cl2O2Ti. The summed E-state index contributed by atoms with van der Waals surface area (Å²) in [5.74, 6) is 0. The molecule has 1 aliphatic carbocycles. The smallest absolute Gasteiger partial charge is 0.412 e. The summed E-state index contributed by atoms with van der Waals surface area (Å²) in [5.41, 5.74) is 1.71. The van der Waals surface area contributed by atoms with Crippen LogP contribution in [-0.2, 0) is 26.5 Å². The molecule has 0 aliphatic heterocycles. The monoisotopic (exact) mass is 322 g/mol. The zero-order valence-corrected chi connectivity index (χ0v) is 13.2. The van der Waals surface area contributed by atoms with E-state index in [4.69, 9.17) is 0 Å². The van der Waals surface area contributed by atoms with Crippen LogP contribution < -0.4 is 0 Å². The Balaban J connectivity index is -0.0000000969. The van der Waals surface area contributed by atoms with Crippen LogP contribution in [0.3, 0.4) is 0 Å². The molecular weight excluding hydrogens is 307 g/mol. The van der Waals surface area contributed by atoms with E-state index in [2.05, 4.69) is 12.2 Å². The van der Waals surface area contributed by atoms with Crippen molar-refractivity contribution >= 4 is 31.1 Å². The van der Waals surface area contributed by atoms with Crippen LogP contribution >= 0.6 is 24.8 Å². The van der Waals surface area contributed by atoms with Gasteiger partial charge in [-0.2, -0.15) is 23.8 Å². The fraction of sp³-hybridized carbons (Fsp3) is 0.154. The third-order valence-corrected chi connectivity index (χ3v) is 1.72. The van der Waals surface area contributed by atoms with Crippen LogP contribution in [0.4, 0.5) is 0 Å². The van der Waals surface area contributed by atoms with Crippen LogP contribution in [0, 0.1) is 13.0 Å². The van der Waals surface area contributed by atoms with Crippen LogP contribution in [0.1, 0.15) is 17.5 Å². The molecule has 2 nitrogen and oxygen atoms in total. The van der Waals surface area contributed by atoms with Crippen LogP contribution in [0.15, 0.2) is 42.5 Å². The molecule has 1 aliphatic rings. The first-order valence-corrected chi connectivity index (χ1v) is 4.49. The van der Waals surface area contributed by atoms with E-state index >= 15 is 0 Å². The predicted molar refractivity (Wildman–Crippen MR) is 75.7 cm³/mol. The van der Waals surface area contributed by atoms with Gasteiger partial charge in [-0.25, -0.2) is 12.2 Å². The summed E-state index contributed by atoms with van der Waals surface area (Å²) in [5, 5.41) is 0. The van der Waals surface area contributed by atoms with Crippen molar-refractivity contribution in [3.63, 3.8) is 0 Å². The fourth-order valence-electron chi connectivity index (χ4n) is 1.05. The summed E-state index contributed by atoms with van der Waals surface area (Å²) in [6.07, 6.45) is 11.8. The largest absolute Gasteiger partial charge is 2.00 e. The van der Waals surface area contributed by atoms with Crippen molar-refractivity contribution in [3.05, 3.63) is 59.7 Å². The first-order chi connectivity index (χ1) is 6.83. The third kappa shape index (κ3) is 12.1. The van der Waals surface area contributed by atoms with E-state index in [0.29, 0.717) is 5.56 Å². The van der Waals surface area contributed by atoms with Crippen LogP contribution in [0.2, 0.25) is 0 Å². The third-order valence-electron chi connectivity index (χ3n) is 1.72. The summed E-state index contributed by atoms with van der Waals surface area (Å²) in [7, 11) is 0. The van der Waals surface area contributed by atoms with Gasteiger partial charge in [0, 0.05) is 0 Å². The number of carbonyl (C=O) groups excluding carboxylic acids is 1. The standard InChI is InChI=1S/C8H7O.C5H5.2ClH.H2O.Ti/c1-7-3-2-4-8(5-7)6-9;1-2-4-5-3-1;;;;/h2-5H,1H3;1-3H,4H2;2*1H;1H2;/q2*-1;;;;+2. The molecule has 0 heterocycles. The van der Waals surface area contributed by atoms with E-state index in [-0.39, 0.29) is 52.0 Å². The van der Waals surface area contributed by atoms with E-state index in [1.165, 1.54) is 0 Å². The van der Waals surface area contributed by atoms with Crippen molar-refractivity contribution in [3.8, 4) is 0 Å². The number of aryl methyl sites for hydroxylation is 1. The van der Waals surface area contributed by atoms with Crippen molar-refractivity contribution in [2.24, 2.45) is 0 Å². The van der Waals surface area contributed by atoms with Gasteiger partial charge < -0.3 is 10.3 Å². The second-order valence-corrected chi connectivity index (χ2v) is 2.97. The molecule has 0 aromatic heterocycles. The molecule has 2 rings (SSSR count). The molecule has 1 aromatic rings. The van der Waals surface area contributed by atoms with Crippen molar-refractivity contribution in [1.82, 2.24) is 0 Å². The second kappa shape index (κ2) is 16.6. The Morgan fingerprint density at radius 1 is 1.28 bits per heavy atom. The average Bonchev–Trinajstić information content (AvgIpc) is 2.75. The molecule has 0 amide bonds. The molecule has 0 radical (unpaired) electrons. The Labute approximate surface area is 136 Å². The number of halogens is 2. The summed E-state index contributed by atoms with van der Waals surface area (Å²) in [6.45, 7) is 1.95. The molecule has 0 saturated carbocycles. The molecule has 5 heteroatoms. The average molecular weight is 323 g/mol. The molecule has 0 unspecified atom stereocenters. The Morgan fingerprint density at radius 2 is 1.94 bits per heavy atom. The van der Waals surface area contributed by atoms with Crippen molar-refractivity contribution in [1.29, 1.82) is 0 Å². The van der Waals surface area contributed by atoms with Gasteiger partial charge in [-0.15, -0.1) is 42.9 Å². The molecule has 0 atom stereocenters. The number of hydrogen-bond acceptors (Lipinski definition) is 1. The first kappa shape index (κ1) is 26.2. The van der Waals surface area contributed by atoms with Gasteiger partial charge in [-0.1, -0.05) is 13.0 Å². The Kier molecular flexibility index (Phi) is 24.2. The van der Waals surface area contributed by atoms with Gasteiger partial charge in [-0.05, 0) is 0 Å². The normalized spacial score (nSPS) is 9.39. The van der Waals surface area contributed by atoms with Crippen molar-refractivity contribution in [2.75, 3.05) is 0 Å². The Bertz CT molecular complexity index is 356. The van der Waals surface area contributed by atoms with Crippen molar-refractivity contribution < 1.29 is 32.0 Å². The minimum absolute atomic E-state index is 0.